The fourth-order valence-corrected chi connectivity index (χ4v) is 4.38. The summed E-state index contributed by atoms with van der Waals surface area (Å²) in [6.07, 6.45) is 2.25. The maximum atomic E-state index is 13.4. The quantitative estimate of drug-likeness (QED) is 0.335. The second-order valence-corrected chi connectivity index (χ2v) is 9.33. The molecule has 190 valence electrons. The van der Waals surface area contributed by atoms with Crippen molar-refractivity contribution in [3.8, 4) is 11.5 Å². The van der Waals surface area contributed by atoms with E-state index < -0.39 is 0 Å². The first-order chi connectivity index (χ1) is 17.4. The molecule has 0 aliphatic heterocycles. The van der Waals surface area contributed by atoms with Gasteiger partial charge in [-0.05, 0) is 54.6 Å². The molecule has 1 aromatic heterocycles. The molecule has 0 saturated carbocycles. The van der Waals surface area contributed by atoms with E-state index in [9.17, 15) is 9.59 Å². The molecule has 3 rings (SSSR count). The van der Waals surface area contributed by atoms with E-state index >= 15 is 0 Å². The smallest absolute Gasteiger partial charge is 0.322 e. The number of nitrogens with zero attached hydrogens (tertiary/aromatic N) is 2. The zero-order valence-electron chi connectivity index (χ0n) is 21.0. The lowest BCUT2D eigenvalue weighted by Crippen LogP contribution is -2.44. The van der Waals surface area contributed by atoms with Crippen molar-refractivity contribution in [1.82, 2.24) is 9.80 Å². The topological polar surface area (TPSA) is 71.1 Å². The Labute approximate surface area is 216 Å². The van der Waals surface area contributed by atoms with Crippen molar-refractivity contribution >= 4 is 29.0 Å². The number of amides is 3. The molecule has 3 amide bonds. The van der Waals surface area contributed by atoms with Crippen molar-refractivity contribution in [2.24, 2.45) is 0 Å². The molecule has 2 aromatic carbocycles. The number of ether oxygens (including phenoxy) is 2. The Morgan fingerprint density at radius 2 is 1.78 bits per heavy atom. The van der Waals surface area contributed by atoms with Crippen molar-refractivity contribution < 1.29 is 19.1 Å². The van der Waals surface area contributed by atoms with Gasteiger partial charge in [-0.2, -0.15) is 0 Å². The predicted molar refractivity (Wildman–Crippen MR) is 145 cm³/mol. The van der Waals surface area contributed by atoms with Gasteiger partial charge in [0.15, 0.2) is 11.5 Å². The molecule has 0 atom stereocenters. The van der Waals surface area contributed by atoms with E-state index in [2.05, 4.69) is 11.9 Å². The van der Waals surface area contributed by atoms with Crippen LogP contribution in [0.15, 0.2) is 72.6 Å². The number of hydrogen-bond donors (Lipinski definition) is 1. The van der Waals surface area contributed by atoms with Crippen LogP contribution in [-0.4, -0.2) is 55.6 Å². The van der Waals surface area contributed by atoms with E-state index in [1.807, 2.05) is 66.9 Å². The van der Waals surface area contributed by atoms with Crippen LogP contribution < -0.4 is 14.8 Å². The van der Waals surface area contributed by atoms with Crippen LogP contribution in [0, 0.1) is 6.92 Å². The lowest BCUT2D eigenvalue weighted by atomic mass is 10.1. The third-order valence-electron chi connectivity index (χ3n) is 5.66. The summed E-state index contributed by atoms with van der Waals surface area (Å²) in [5.74, 6) is 1.17. The summed E-state index contributed by atoms with van der Waals surface area (Å²) in [6, 6.07) is 16.9. The highest BCUT2D eigenvalue weighted by molar-refractivity contribution is 7.09. The van der Waals surface area contributed by atoms with Crippen LogP contribution in [0.3, 0.4) is 0 Å². The number of nitrogens with one attached hydrogen (secondary N) is 1. The van der Waals surface area contributed by atoms with Crippen molar-refractivity contribution in [2.75, 3.05) is 39.2 Å². The molecule has 0 aliphatic carbocycles. The lowest BCUT2D eigenvalue weighted by Gasteiger charge is -2.27. The van der Waals surface area contributed by atoms with Gasteiger partial charge in [-0.25, -0.2) is 4.79 Å². The maximum Gasteiger partial charge on any atom is 0.322 e. The number of benzene rings is 2. The van der Waals surface area contributed by atoms with Gasteiger partial charge in [-0.3, -0.25) is 4.79 Å². The van der Waals surface area contributed by atoms with Crippen LogP contribution in [0.4, 0.5) is 10.5 Å². The Morgan fingerprint density at radius 3 is 2.42 bits per heavy atom. The number of hydrogen-bond acceptors (Lipinski definition) is 5. The molecule has 0 bridgehead atoms. The fraction of sp³-hybridized carbons (Fsp3) is 0.286. The molecular weight excluding hydrogens is 474 g/mol. The number of carbonyl (C=O) groups excluding carboxylic acids is 2. The summed E-state index contributed by atoms with van der Waals surface area (Å²) in [5.41, 5.74) is 2.80. The van der Waals surface area contributed by atoms with Crippen LogP contribution in [0.25, 0.3) is 0 Å². The summed E-state index contributed by atoms with van der Waals surface area (Å²) in [4.78, 5) is 30.7. The van der Waals surface area contributed by atoms with Gasteiger partial charge in [0.2, 0.25) is 5.91 Å². The van der Waals surface area contributed by atoms with Gasteiger partial charge in [-0.15, -0.1) is 17.9 Å². The average Bonchev–Trinajstić information content (AvgIpc) is 3.40. The van der Waals surface area contributed by atoms with Crippen molar-refractivity contribution in [3.05, 3.63) is 88.6 Å². The van der Waals surface area contributed by atoms with Crippen LogP contribution in [0.1, 0.15) is 16.0 Å². The summed E-state index contributed by atoms with van der Waals surface area (Å²) in [6.45, 7) is 6.91. The van der Waals surface area contributed by atoms with E-state index in [-0.39, 0.29) is 25.0 Å². The summed E-state index contributed by atoms with van der Waals surface area (Å²) < 4.78 is 10.7. The standard InChI is InChI=1S/C28H33N3O4S/c1-5-15-31(28(33)29-23-11-8-21(2)9-12-23)20-27(32)30(19-24-7-6-17-36-24)16-14-22-10-13-25(34-3)26(18-22)35-4/h5-13,17-18H,1,14-16,19-20H2,2-4H3,(H,29,33). The predicted octanol–water partition coefficient (Wildman–Crippen LogP) is 5.37. The van der Waals surface area contributed by atoms with E-state index in [0.29, 0.717) is 36.7 Å². The zero-order chi connectivity index (χ0) is 25.9. The van der Waals surface area contributed by atoms with Crippen LogP contribution in [0.5, 0.6) is 11.5 Å². The molecule has 0 unspecified atom stereocenters. The highest BCUT2D eigenvalue weighted by atomic mass is 32.1. The summed E-state index contributed by atoms with van der Waals surface area (Å²) in [5, 5.41) is 4.86. The number of carbonyl (C=O) groups is 2. The summed E-state index contributed by atoms with van der Waals surface area (Å²) >= 11 is 1.60. The monoisotopic (exact) mass is 507 g/mol. The first kappa shape index (κ1) is 26.8. The molecule has 0 radical (unpaired) electrons. The molecule has 8 heteroatoms. The SMILES string of the molecule is C=CCN(CC(=O)N(CCc1ccc(OC)c(OC)c1)Cc1cccs1)C(=O)Nc1ccc(C)cc1. The molecule has 3 aromatic rings. The molecule has 0 aliphatic rings. The van der Waals surface area contributed by atoms with Crippen molar-refractivity contribution in [1.29, 1.82) is 0 Å². The first-order valence-electron chi connectivity index (χ1n) is 11.7. The van der Waals surface area contributed by atoms with Gasteiger partial charge in [0.1, 0.15) is 6.54 Å². The lowest BCUT2D eigenvalue weighted by molar-refractivity contribution is -0.132. The molecule has 1 heterocycles. The zero-order valence-corrected chi connectivity index (χ0v) is 21.8. The Hall–Kier alpha value is -3.78. The van der Waals surface area contributed by atoms with Gasteiger partial charge in [0.05, 0.1) is 20.8 Å². The number of anilines is 1. The second-order valence-electron chi connectivity index (χ2n) is 8.30. The normalized spacial score (nSPS) is 10.4. The minimum atomic E-state index is -0.344. The Balaban J connectivity index is 1.71. The highest BCUT2D eigenvalue weighted by Gasteiger charge is 2.21. The molecule has 0 saturated heterocycles. The number of urea groups is 1. The van der Waals surface area contributed by atoms with E-state index in [1.165, 1.54) is 4.90 Å². The Bertz CT molecular complexity index is 1150. The van der Waals surface area contributed by atoms with E-state index in [0.717, 1.165) is 16.0 Å². The van der Waals surface area contributed by atoms with Crippen LogP contribution >= 0.6 is 11.3 Å². The fourth-order valence-electron chi connectivity index (χ4n) is 3.66. The molecule has 0 spiro atoms. The third kappa shape index (κ3) is 7.61. The van der Waals surface area contributed by atoms with Crippen LogP contribution in [0.2, 0.25) is 0 Å². The minimum Gasteiger partial charge on any atom is -0.493 e. The van der Waals surface area contributed by atoms with Gasteiger partial charge in [0, 0.05) is 23.7 Å². The first-order valence-corrected chi connectivity index (χ1v) is 12.6. The van der Waals surface area contributed by atoms with Gasteiger partial charge < -0.3 is 24.6 Å². The highest BCUT2D eigenvalue weighted by Crippen LogP contribution is 2.28. The van der Waals surface area contributed by atoms with Gasteiger partial charge >= 0.3 is 6.03 Å². The molecule has 1 N–H and O–H groups in total. The molecular formula is C28H33N3O4S. The number of rotatable bonds is 12. The van der Waals surface area contributed by atoms with Gasteiger partial charge in [-0.1, -0.05) is 35.9 Å². The van der Waals surface area contributed by atoms with E-state index in [1.54, 1.807) is 36.5 Å². The van der Waals surface area contributed by atoms with Gasteiger partial charge in [0.25, 0.3) is 0 Å². The molecule has 7 nitrogen and oxygen atoms in total. The number of methoxy groups -OCH3 is 2. The Kier molecular flexibility index (Phi) is 9.94. The maximum absolute atomic E-state index is 13.4. The van der Waals surface area contributed by atoms with Crippen LogP contribution in [-0.2, 0) is 17.8 Å². The number of thiophene rings is 1. The average molecular weight is 508 g/mol. The summed E-state index contributed by atoms with van der Waals surface area (Å²) in [7, 11) is 3.20. The minimum absolute atomic E-state index is 0.0545. The van der Waals surface area contributed by atoms with E-state index in [4.69, 9.17) is 9.47 Å². The molecule has 36 heavy (non-hydrogen) atoms. The Morgan fingerprint density at radius 1 is 1.03 bits per heavy atom. The number of aryl methyl sites for hydroxylation is 1. The largest absolute Gasteiger partial charge is 0.493 e. The van der Waals surface area contributed by atoms with Crippen molar-refractivity contribution in [2.45, 2.75) is 19.9 Å². The third-order valence-corrected chi connectivity index (χ3v) is 6.52. The van der Waals surface area contributed by atoms with Crippen molar-refractivity contribution in [3.63, 3.8) is 0 Å². The second kappa shape index (κ2) is 13.3. The molecule has 0 fully saturated rings.